The van der Waals surface area contributed by atoms with Crippen LogP contribution in [0.2, 0.25) is 0 Å². The van der Waals surface area contributed by atoms with Crippen LogP contribution in [-0.4, -0.2) is 28.8 Å². The summed E-state index contributed by atoms with van der Waals surface area (Å²) < 4.78 is 88.7. The number of nitrogens with one attached hydrogen (secondary N) is 1. The number of fused-ring (bicyclic) bond motifs is 1. The van der Waals surface area contributed by atoms with E-state index < -0.39 is 30.5 Å². The van der Waals surface area contributed by atoms with Crippen molar-refractivity contribution in [2.45, 2.75) is 10.4 Å². The minimum Gasteiger partial charge on any atom is -0.428 e. The van der Waals surface area contributed by atoms with E-state index in [0.29, 0.717) is 4.13 Å². The van der Waals surface area contributed by atoms with Crippen LogP contribution in [0.4, 0.5) is 13.2 Å². The Kier molecular flexibility index (Phi) is 4.57. The first-order chi connectivity index (χ1) is 11.0. The van der Waals surface area contributed by atoms with Crippen LogP contribution in [0.25, 0.3) is 10.8 Å². The third-order valence-electron chi connectivity index (χ3n) is 2.83. The lowest BCUT2D eigenvalue weighted by molar-refractivity contribution is -0.120. The summed E-state index contributed by atoms with van der Waals surface area (Å²) in [4.78, 5) is 9.72. The zero-order valence-electron chi connectivity index (χ0n) is 11.4. The average Bonchev–Trinajstić information content (AvgIpc) is 2.45. The first kappa shape index (κ1) is 18.2. The van der Waals surface area contributed by atoms with Gasteiger partial charge in [-0.2, -0.15) is 13.2 Å². The molecule has 0 saturated heterocycles. The van der Waals surface area contributed by atoms with Gasteiger partial charge in [0.25, 0.3) is 16.5 Å². The van der Waals surface area contributed by atoms with E-state index in [9.17, 15) is 34.8 Å². The molecule has 0 aliphatic heterocycles. The lowest BCUT2D eigenvalue weighted by Crippen LogP contribution is -2.40. The maximum absolute atomic E-state index is 12.4. The molecule has 0 fully saturated rings. The Morgan fingerprint density at radius 2 is 1.54 bits per heavy atom. The highest BCUT2D eigenvalue weighted by Gasteiger charge is 2.48. The number of sulfonamides is 2. The Labute approximate surface area is 134 Å². The van der Waals surface area contributed by atoms with Gasteiger partial charge >= 0.3 is 15.5 Å². The van der Waals surface area contributed by atoms with Crippen molar-refractivity contribution in [1.82, 2.24) is 4.13 Å². The quantitative estimate of drug-likeness (QED) is 0.785. The minimum atomic E-state index is -6.12. The van der Waals surface area contributed by atoms with Crippen molar-refractivity contribution in [2.75, 3.05) is 0 Å². The van der Waals surface area contributed by atoms with E-state index in [-0.39, 0.29) is 23.0 Å². The topological polar surface area (TPSA) is 107 Å². The summed E-state index contributed by atoms with van der Waals surface area (Å²) in [6.45, 7) is 0.0856. The third kappa shape index (κ3) is 3.34. The second-order valence-corrected chi connectivity index (χ2v) is 7.94. The predicted octanol–water partition coefficient (Wildman–Crippen LogP) is 1.50. The largest absolute Gasteiger partial charge is 0.512 e. The Bertz CT molecular complexity index is 999. The van der Waals surface area contributed by atoms with Gasteiger partial charge in [0.1, 0.15) is 5.75 Å². The molecule has 0 atom stereocenters. The van der Waals surface area contributed by atoms with E-state index in [1.165, 1.54) is 24.3 Å². The number of ether oxygens (including phenoxy) is 1. The van der Waals surface area contributed by atoms with Crippen LogP contribution in [0.15, 0.2) is 41.3 Å². The molecule has 2 rings (SSSR count). The number of benzene rings is 2. The summed E-state index contributed by atoms with van der Waals surface area (Å²) in [7, 11) is -11.2. The lowest BCUT2D eigenvalue weighted by atomic mass is 10.1. The van der Waals surface area contributed by atoms with E-state index in [1.807, 2.05) is 0 Å². The van der Waals surface area contributed by atoms with Crippen molar-refractivity contribution in [3.63, 3.8) is 0 Å². The second-order valence-electron chi connectivity index (χ2n) is 4.36. The first-order valence-corrected chi connectivity index (χ1v) is 8.93. The Morgan fingerprint density at radius 3 is 2.12 bits per heavy atom. The number of hydrogen-bond donors (Lipinski definition) is 1. The van der Waals surface area contributed by atoms with Gasteiger partial charge in [-0.05, 0) is 12.1 Å². The molecule has 0 radical (unpaired) electrons. The fraction of sp³-hybridized carbons (Fsp3) is 0.0833. The number of hydrogen-bond acceptors (Lipinski definition) is 6. The standard InChI is InChI=1S/C12H8F3NO6S2/c13-12(14,15)24(20,21)16-23(18,19)11-6-2-3-8-9(11)4-1-5-10(8)22-7-17/h1-7,16H. The molecule has 0 saturated carbocycles. The molecule has 0 aliphatic carbocycles. The van der Waals surface area contributed by atoms with E-state index >= 15 is 0 Å². The highest BCUT2D eigenvalue weighted by atomic mass is 32.3. The number of alkyl halides is 3. The molecule has 1 N–H and O–H groups in total. The van der Waals surface area contributed by atoms with Crippen molar-refractivity contribution in [2.24, 2.45) is 0 Å². The van der Waals surface area contributed by atoms with Crippen molar-refractivity contribution >= 4 is 37.3 Å². The molecule has 0 spiro atoms. The Hall–Kier alpha value is -2.18. The smallest absolute Gasteiger partial charge is 0.428 e. The van der Waals surface area contributed by atoms with Crippen molar-refractivity contribution < 1.29 is 39.5 Å². The van der Waals surface area contributed by atoms with Gasteiger partial charge in [0, 0.05) is 10.8 Å². The molecule has 0 bridgehead atoms. The summed E-state index contributed by atoms with van der Waals surface area (Å²) in [5.74, 6) is -0.0433. The maximum Gasteiger partial charge on any atom is 0.512 e. The molecule has 7 nitrogen and oxygen atoms in total. The van der Waals surface area contributed by atoms with Gasteiger partial charge in [-0.3, -0.25) is 4.79 Å². The highest BCUT2D eigenvalue weighted by Crippen LogP contribution is 2.31. The fourth-order valence-corrected chi connectivity index (χ4v) is 4.50. The average molecular weight is 383 g/mol. The molecule has 2 aromatic rings. The fourth-order valence-electron chi connectivity index (χ4n) is 1.88. The minimum absolute atomic E-state index is 0.0433. The highest BCUT2D eigenvalue weighted by molar-refractivity contribution is 8.05. The van der Waals surface area contributed by atoms with Gasteiger partial charge in [0.2, 0.25) is 0 Å². The van der Waals surface area contributed by atoms with E-state index in [1.54, 1.807) is 0 Å². The van der Waals surface area contributed by atoms with Gasteiger partial charge in [-0.25, -0.2) is 16.8 Å². The third-order valence-corrected chi connectivity index (χ3v) is 6.13. The van der Waals surface area contributed by atoms with Crippen LogP contribution in [0.5, 0.6) is 5.75 Å². The van der Waals surface area contributed by atoms with Crippen LogP contribution in [0.3, 0.4) is 0 Å². The lowest BCUT2D eigenvalue weighted by Gasteiger charge is -2.12. The van der Waals surface area contributed by atoms with Gasteiger partial charge < -0.3 is 4.74 Å². The summed E-state index contributed by atoms with van der Waals surface area (Å²) in [5, 5.41) is -0.0291. The normalized spacial score (nSPS) is 13.0. The molecule has 0 amide bonds. The molecule has 0 heterocycles. The summed E-state index contributed by atoms with van der Waals surface area (Å²) in [6.07, 6.45) is 0. The molecule has 0 aromatic heterocycles. The van der Waals surface area contributed by atoms with E-state index in [2.05, 4.69) is 4.74 Å². The summed E-state index contributed by atoms with van der Waals surface area (Å²) >= 11 is 0. The van der Waals surface area contributed by atoms with Crippen molar-refractivity contribution in [3.8, 4) is 5.75 Å². The molecular formula is C12H8F3NO6S2. The van der Waals surface area contributed by atoms with Gasteiger partial charge in [0.05, 0.1) is 4.90 Å². The molecule has 24 heavy (non-hydrogen) atoms. The molecular weight excluding hydrogens is 375 g/mol. The molecule has 12 heteroatoms. The number of carbonyl (C=O) groups is 1. The van der Waals surface area contributed by atoms with Crippen LogP contribution in [0.1, 0.15) is 0 Å². The molecule has 0 unspecified atom stereocenters. The number of halogens is 3. The van der Waals surface area contributed by atoms with Crippen LogP contribution >= 0.6 is 0 Å². The molecule has 2 aromatic carbocycles. The van der Waals surface area contributed by atoms with E-state index in [4.69, 9.17) is 0 Å². The Morgan fingerprint density at radius 1 is 0.958 bits per heavy atom. The maximum atomic E-state index is 12.4. The zero-order chi connectivity index (χ0) is 18.2. The van der Waals surface area contributed by atoms with Crippen molar-refractivity contribution in [3.05, 3.63) is 36.4 Å². The SMILES string of the molecule is O=COc1cccc2c(S(=O)(=O)NS(=O)(=O)C(F)(F)F)cccc12. The number of rotatable bonds is 5. The van der Waals surface area contributed by atoms with Gasteiger partial charge in [0.15, 0.2) is 0 Å². The van der Waals surface area contributed by atoms with Gasteiger partial charge in [-0.1, -0.05) is 28.4 Å². The van der Waals surface area contributed by atoms with Crippen LogP contribution in [0, 0.1) is 0 Å². The molecule has 130 valence electrons. The first-order valence-electron chi connectivity index (χ1n) is 5.96. The number of carbonyl (C=O) groups excluding carboxylic acids is 1. The Balaban J connectivity index is 2.64. The van der Waals surface area contributed by atoms with Crippen LogP contribution in [-0.2, 0) is 24.8 Å². The zero-order valence-corrected chi connectivity index (χ0v) is 13.1. The van der Waals surface area contributed by atoms with Crippen LogP contribution < -0.4 is 8.86 Å². The summed E-state index contributed by atoms with van der Waals surface area (Å²) in [5.41, 5.74) is -5.80. The molecule has 0 aliphatic rings. The van der Waals surface area contributed by atoms with E-state index in [0.717, 1.165) is 12.1 Å². The van der Waals surface area contributed by atoms with Gasteiger partial charge in [-0.15, -0.1) is 0 Å². The summed E-state index contributed by atoms with van der Waals surface area (Å²) in [6, 6.07) is 7.27. The monoisotopic (exact) mass is 383 g/mol. The predicted molar refractivity (Wildman–Crippen MR) is 75.9 cm³/mol. The second kappa shape index (κ2) is 6.03. The van der Waals surface area contributed by atoms with Crippen molar-refractivity contribution in [1.29, 1.82) is 0 Å².